The summed E-state index contributed by atoms with van der Waals surface area (Å²) < 4.78 is 5.45. The summed E-state index contributed by atoms with van der Waals surface area (Å²) in [6, 6.07) is -0.607. The minimum atomic E-state index is -0.607. The molecule has 1 heterocycles. The Bertz CT molecular complexity index is 370. The lowest BCUT2D eigenvalue weighted by atomic mass is 9.89. The first-order valence-corrected chi connectivity index (χ1v) is 6.58. The zero-order valence-corrected chi connectivity index (χ0v) is 10.8. The van der Waals surface area contributed by atoms with Crippen LogP contribution in [0.2, 0.25) is 0 Å². The number of imidazole rings is 1. The van der Waals surface area contributed by atoms with Crippen LogP contribution in [0.4, 0.5) is 0 Å². The number of ether oxygens (including phenoxy) is 1. The molecule has 0 aliphatic heterocycles. The summed E-state index contributed by atoms with van der Waals surface area (Å²) >= 11 is 0. The highest BCUT2D eigenvalue weighted by molar-refractivity contribution is 5.76. The third-order valence-electron chi connectivity index (χ3n) is 3.54. The quantitative estimate of drug-likeness (QED) is 0.793. The van der Waals surface area contributed by atoms with Crippen LogP contribution in [0, 0.1) is 5.92 Å². The van der Waals surface area contributed by atoms with Crippen molar-refractivity contribution in [2.24, 2.45) is 11.7 Å². The van der Waals surface area contributed by atoms with E-state index < -0.39 is 6.04 Å². The van der Waals surface area contributed by atoms with Crippen LogP contribution >= 0.6 is 0 Å². The molecule has 1 aliphatic rings. The number of nitrogens with one attached hydrogen (secondary N) is 1. The first kappa shape index (κ1) is 13.1. The fourth-order valence-corrected chi connectivity index (χ4v) is 2.32. The summed E-state index contributed by atoms with van der Waals surface area (Å²) in [6.07, 6.45) is 7.95. The number of rotatable bonds is 4. The van der Waals surface area contributed by atoms with Gasteiger partial charge in [0.15, 0.2) is 0 Å². The van der Waals surface area contributed by atoms with E-state index in [0.29, 0.717) is 6.42 Å². The predicted molar refractivity (Wildman–Crippen MR) is 67.8 cm³/mol. The van der Waals surface area contributed by atoms with Gasteiger partial charge < -0.3 is 15.5 Å². The molecular weight excluding hydrogens is 230 g/mol. The lowest BCUT2D eigenvalue weighted by molar-refractivity contribution is -0.152. The van der Waals surface area contributed by atoms with Crippen molar-refractivity contribution in [1.82, 2.24) is 9.97 Å². The van der Waals surface area contributed by atoms with E-state index >= 15 is 0 Å². The number of carbonyl (C=O) groups is 1. The lowest BCUT2D eigenvalue weighted by Gasteiger charge is -2.26. The maximum absolute atomic E-state index is 11.8. The van der Waals surface area contributed by atoms with Crippen molar-refractivity contribution >= 4 is 5.97 Å². The molecule has 0 spiro atoms. The normalized spacial score (nSPS) is 25.7. The second-order valence-corrected chi connectivity index (χ2v) is 5.21. The molecule has 1 aromatic rings. The number of nitrogens with two attached hydrogens (primary N) is 1. The van der Waals surface area contributed by atoms with E-state index in [1.54, 1.807) is 12.5 Å². The number of esters is 1. The van der Waals surface area contributed by atoms with E-state index in [0.717, 1.165) is 37.3 Å². The van der Waals surface area contributed by atoms with Crippen LogP contribution in [0.25, 0.3) is 0 Å². The molecule has 1 saturated carbocycles. The first-order chi connectivity index (χ1) is 8.65. The monoisotopic (exact) mass is 251 g/mol. The van der Waals surface area contributed by atoms with Crippen molar-refractivity contribution in [3.8, 4) is 0 Å². The van der Waals surface area contributed by atoms with Crippen LogP contribution in [-0.2, 0) is 16.0 Å². The Hall–Kier alpha value is -1.36. The molecule has 5 heteroatoms. The van der Waals surface area contributed by atoms with Crippen LogP contribution in [0.5, 0.6) is 0 Å². The minimum Gasteiger partial charge on any atom is -0.461 e. The highest BCUT2D eigenvalue weighted by Gasteiger charge is 2.24. The van der Waals surface area contributed by atoms with Gasteiger partial charge >= 0.3 is 5.97 Å². The molecule has 1 aliphatic carbocycles. The Labute approximate surface area is 107 Å². The number of aromatic amines is 1. The Morgan fingerprint density at radius 2 is 2.28 bits per heavy atom. The molecule has 5 nitrogen and oxygen atoms in total. The molecule has 1 fully saturated rings. The Balaban J connectivity index is 1.77. The Morgan fingerprint density at radius 1 is 1.56 bits per heavy atom. The molecule has 1 atom stereocenters. The van der Waals surface area contributed by atoms with Crippen molar-refractivity contribution in [2.75, 3.05) is 0 Å². The van der Waals surface area contributed by atoms with E-state index in [4.69, 9.17) is 10.5 Å². The fraction of sp³-hybridized carbons (Fsp3) is 0.692. The van der Waals surface area contributed by atoms with Gasteiger partial charge in [-0.05, 0) is 31.6 Å². The fourth-order valence-electron chi connectivity index (χ4n) is 2.32. The van der Waals surface area contributed by atoms with Crippen LogP contribution in [-0.4, -0.2) is 28.1 Å². The third-order valence-corrected chi connectivity index (χ3v) is 3.54. The molecule has 18 heavy (non-hydrogen) atoms. The van der Waals surface area contributed by atoms with Crippen molar-refractivity contribution in [3.05, 3.63) is 18.2 Å². The molecule has 2 rings (SSSR count). The Morgan fingerprint density at radius 3 is 2.89 bits per heavy atom. The van der Waals surface area contributed by atoms with Crippen LogP contribution in [0.15, 0.2) is 12.5 Å². The van der Waals surface area contributed by atoms with Gasteiger partial charge in [-0.15, -0.1) is 0 Å². The van der Waals surface area contributed by atoms with E-state index in [1.165, 1.54) is 0 Å². The first-order valence-electron chi connectivity index (χ1n) is 6.58. The van der Waals surface area contributed by atoms with Gasteiger partial charge in [-0.2, -0.15) is 0 Å². The maximum Gasteiger partial charge on any atom is 0.323 e. The largest absolute Gasteiger partial charge is 0.461 e. The van der Waals surface area contributed by atoms with Gasteiger partial charge in [-0.3, -0.25) is 4.79 Å². The smallest absolute Gasteiger partial charge is 0.323 e. The highest BCUT2D eigenvalue weighted by Crippen LogP contribution is 2.25. The number of nitrogens with zero attached hydrogens (tertiary/aromatic N) is 1. The summed E-state index contributed by atoms with van der Waals surface area (Å²) in [4.78, 5) is 18.7. The van der Waals surface area contributed by atoms with Crippen LogP contribution < -0.4 is 5.73 Å². The van der Waals surface area contributed by atoms with Crippen LogP contribution in [0.1, 0.15) is 38.3 Å². The number of H-pyrrole nitrogens is 1. The summed E-state index contributed by atoms with van der Waals surface area (Å²) in [6.45, 7) is 2.24. The highest BCUT2D eigenvalue weighted by atomic mass is 16.5. The average molecular weight is 251 g/mol. The van der Waals surface area contributed by atoms with E-state index in [9.17, 15) is 4.79 Å². The second-order valence-electron chi connectivity index (χ2n) is 5.21. The molecule has 3 N–H and O–H groups in total. The van der Waals surface area contributed by atoms with Crippen molar-refractivity contribution in [3.63, 3.8) is 0 Å². The maximum atomic E-state index is 11.8. The second kappa shape index (κ2) is 6.00. The zero-order valence-electron chi connectivity index (χ0n) is 10.8. The number of hydrogen-bond donors (Lipinski definition) is 2. The SMILES string of the molecule is CC1CCC(OC(=O)C(N)Cc2cnc[nH]2)CC1. The van der Waals surface area contributed by atoms with E-state index in [-0.39, 0.29) is 12.1 Å². The van der Waals surface area contributed by atoms with Gasteiger partial charge in [0.05, 0.1) is 6.33 Å². The predicted octanol–water partition coefficient (Wildman–Crippen LogP) is 1.40. The molecule has 0 amide bonds. The van der Waals surface area contributed by atoms with E-state index in [2.05, 4.69) is 16.9 Å². The Kier molecular flexibility index (Phi) is 4.36. The summed E-state index contributed by atoms with van der Waals surface area (Å²) in [5.41, 5.74) is 6.69. The molecule has 1 unspecified atom stereocenters. The van der Waals surface area contributed by atoms with Gasteiger partial charge in [0, 0.05) is 18.3 Å². The molecule has 0 saturated heterocycles. The summed E-state index contributed by atoms with van der Waals surface area (Å²) in [7, 11) is 0. The molecule has 0 radical (unpaired) electrons. The van der Waals surface area contributed by atoms with Gasteiger partial charge in [0.2, 0.25) is 0 Å². The van der Waals surface area contributed by atoms with Gasteiger partial charge in [0.25, 0.3) is 0 Å². The van der Waals surface area contributed by atoms with Crippen molar-refractivity contribution < 1.29 is 9.53 Å². The van der Waals surface area contributed by atoms with E-state index in [1.807, 2.05) is 0 Å². The molecular formula is C13H21N3O2. The standard InChI is InChI=1S/C13H21N3O2/c1-9-2-4-11(5-3-9)18-13(17)12(14)6-10-7-15-8-16-10/h7-9,11-12H,2-6,14H2,1H3,(H,15,16). The molecule has 0 aromatic carbocycles. The molecule has 1 aromatic heterocycles. The van der Waals surface area contributed by atoms with Gasteiger partial charge in [0.1, 0.15) is 12.1 Å². The minimum absolute atomic E-state index is 0.0570. The van der Waals surface area contributed by atoms with Gasteiger partial charge in [-0.25, -0.2) is 4.98 Å². The number of hydrogen-bond acceptors (Lipinski definition) is 4. The number of aromatic nitrogens is 2. The summed E-state index contributed by atoms with van der Waals surface area (Å²) in [5, 5.41) is 0. The van der Waals surface area contributed by atoms with Crippen LogP contribution in [0.3, 0.4) is 0 Å². The number of carbonyl (C=O) groups excluding carboxylic acids is 1. The summed E-state index contributed by atoms with van der Waals surface area (Å²) in [5.74, 6) is 0.447. The van der Waals surface area contributed by atoms with Crippen molar-refractivity contribution in [1.29, 1.82) is 0 Å². The zero-order chi connectivity index (χ0) is 13.0. The molecule has 0 bridgehead atoms. The lowest BCUT2D eigenvalue weighted by Crippen LogP contribution is -2.37. The average Bonchev–Trinajstić information content (AvgIpc) is 2.85. The molecule has 100 valence electrons. The third kappa shape index (κ3) is 3.57. The topological polar surface area (TPSA) is 81.0 Å². The van der Waals surface area contributed by atoms with Gasteiger partial charge in [-0.1, -0.05) is 6.92 Å². The van der Waals surface area contributed by atoms with Crippen molar-refractivity contribution in [2.45, 2.75) is 51.2 Å².